The highest BCUT2D eigenvalue weighted by molar-refractivity contribution is 6.47. The Morgan fingerprint density at radius 3 is 2.32 bits per heavy atom. The van der Waals surface area contributed by atoms with Crippen LogP contribution in [0, 0.1) is 5.41 Å². The van der Waals surface area contributed by atoms with Crippen LogP contribution in [-0.2, 0) is 20.7 Å². The molecule has 37 heavy (non-hydrogen) atoms. The number of carbonyl (C=O) groups is 5. The number of rotatable bonds is 8. The summed E-state index contributed by atoms with van der Waals surface area (Å²) >= 11 is 0. The van der Waals surface area contributed by atoms with Crippen LogP contribution in [0.2, 0.25) is 5.82 Å². The summed E-state index contributed by atoms with van der Waals surface area (Å²) in [5.74, 6) is -2.61. The lowest BCUT2D eigenvalue weighted by Crippen LogP contribution is -2.39. The molecule has 2 aromatic rings. The van der Waals surface area contributed by atoms with Crippen LogP contribution in [0.1, 0.15) is 70.3 Å². The number of para-hydroxylation sites is 1. The molecule has 2 aliphatic rings. The third-order valence-electron chi connectivity index (χ3n) is 6.54. The molecule has 0 spiro atoms. The predicted octanol–water partition coefficient (Wildman–Crippen LogP) is 2.89. The summed E-state index contributed by atoms with van der Waals surface area (Å²) in [7, 11) is -1.38. The Morgan fingerprint density at radius 2 is 1.70 bits per heavy atom. The first-order valence-corrected chi connectivity index (χ1v) is 12.1. The van der Waals surface area contributed by atoms with E-state index in [2.05, 4.69) is 0 Å². The molecule has 2 aliphatic heterocycles. The van der Waals surface area contributed by atoms with E-state index < -0.39 is 48.5 Å². The normalized spacial score (nSPS) is 16.7. The van der Waals surface area contributed by atoms with Crippen molar-refractivity contribution in [2.75, 3.05) is 13.2 Å². The van der Waals surface area contributed by atoms with E-state index in [1.807, 2.05) is 0 Å². The fourth-order valence-corrected chi connectivity index (χ4v) is 4.42. The van der Waals surface area contributed by atoms with E-state index in [-0.39, 0.29) is 54.1 Å². The van der Waals surface area contributed by atoms with Crippen LogP contribution in [0.5, 0.6) is 5.75 Å². The number of nitrogens with zero attached hydrogens (tertiary/aromatic N) is 1. The summed E-state index contributed by atoms with van der Waals surface area (Å²) in [6.45, 7) is 4.90. The Labute approximate surface area is 214 Å². The molecule has 1 N–H and O–H groups in total. The number of hydrogen-bond donors (Lipinski definition) is 1. The molecular weight excluding hydrogens is 477 g/mol. The molecule has 4 rings (SSSR count). The Kier molecular flexibility index (Phi) is 7.31. The first-order chi connectivity index (χ1) is 17.5. The van der Waals surface area contributed by atoms with Gasteiger partial charge in [0.25, 0.3) is 11.8 Å². The second-order valence-electron chi connectivity index (χ2n) is 10.3. The van der Waals surface area contributed by atoms with Crippen molar-refractivity contribution in [3.8, 4) is 5.75 Å². The number of imide groups is 1. The van der Waals surface area contributed by atoms with E-state index in [1.165, 1.54) is 6.07 Å². The van der Waals surface area contributed by atoms with Crippen molar-refractivity contribution in [1.29, 1.82) is 0 Å². The molecule has 192 valence electrons. The Hall–Kier alpha value is -3.79. The predicted molar refractivity (Wildman–Crippen MR) is 133 cm³/mol. The van der Waals surface area contributed by atoms with Crippen LogP contribution in [-0.4, -0.2) is 59.5 Å². The third-order valence-corrected chi connectivity index (χ3v) is 6.54. The van der Waals surface area contributed by atoms with Gasteiger partial charge < -0.3 is 14.4 Å². The van der Waals surface area contributed by atoms with Crippen LogP contribution in [0.3, 0.4) is 0 Å². The lowest BCUT2D eigenvalue weighted by Gasteiger charge is -2.28. The standard InChI is InChI=1S/C27H28BNO8/c1-27(2,3)22(31)11-12-36-26(34)21-10-6-7-16-13-17(28(35)37-23(16)21)14-18(30)15-29-24(32)19-8-4-5-9-20(19)25(29)33/h4-10,17,35H,11-15H2,1-3H3/t17-/m1/s1. The third kappa shape index (κ3) is 5.49. The highest BCUT2D eigenvalue weighted by Gasteiger charge is 2.40. The van der Waals surface area contributed by atoms with E-state index >= 15 is 0 Å². The highest BCUT2D eigenvalue weighted by atomic mass is 16.5. The van der Waals surface area contributed by atoms with Crippen LogP contribution in [0.4, 0.5) is 0 Å². The van der Waals surface area contributed by atoms with Gasteiger partial charge in [-0.2, -0.15) is 0 Å². The van der Waals surface area contributed by atoms with Crippen molar-refractivity contribution in [1.82, 2.24) is 4.90 Å². The maximum Gasteiger partial charge on any atom is 0.526 e. The van der Waals surface area contributed by atoms with Gasteiger partial charge in [0, 0.05) is 24.1 Å². The number of ether oxygens (including phenoxy) is 1. The SMILES string of the molecule is CC(C)(C)C(=O)CCOC(=O)c1cccc2c1OB(O)[C@@H](CC(=O)CN1C(=O)c3ccccc3C1=O)C2. The molecule has 1 atom stereocenters. The number of ketones is 2. The number of amides is 2. The van der Waals surface area contributed by atoms with E-state index in [0.717, 1.165) is 4.90 Å². The molecule has 9 nitrogen and oxygen atoms in total. The largest absolute Gasteiger partial charge is 0.535 e. The molecule has 0 unspecified atom stereocenters. The summed E-state index contributed by atoms with van der Waals surface area (Å²) in [4.78, 5) is 63.5. The van der Waals surface area contributed by atoms with Gasteiger partial charge in [0.15, 0.2) is 5.78 Å². The second kappa shape index (κ2) is 10.3. The van der Waals surface area contributed by atoms with Crippen molar-refractivity contribution in [3.63, 3.8) is 0 Å². The van der Waals surface area contributed by atoms with E-state index in [1.54, 1.807) is 57.2 Å². The summed E-state index contributed by atoms with van der Waals surface area (Å²) < 4.78 is 10.9. The lowest BCUT2D eigenvalue weighted by atomic mass is 9.64. The van der Waals surface area contributed by atoms with Crippen molar-refractivity contribution < 1.29 is 38.4 Å². The molecule has 2 heterocycles. The van der Waals surface area contributed by atoms with Gasteiger partial charge in [-0.25, -0.2) is 4.79 Å². The van der Waals surface area contributed by atoms with Gasteiger partial charge in [-0.1, -0.05) is 45.0 Å². The quantitative estimate of drug-likeness (QED) is 0.330. The Bertz CT molecular complexity index is 1250. The molecule has 0 fully saturated rings. The minimum Gasteiger partial charge on any atom is -0.535 e. The molecule has 0 radical (unpaired) electrons. The van der Waals surface area contributed by atoms with Crippen LogP contribution >= 0.6 is 0 Å². The summed E-state index contributed by atoms with van der Waals surface area (Å²) in [6.07, 6.45) is 0.205. The zero-order valence-electron chi connectivity index (χ0n) is 21.0. The molecule has 2 aromatic carbocycles. The number of benzene rings is 2. The Balaban J connectivity index is 1.38. The van der Waals surface area contributed by atoms with Crippen molar-refractivity contribution in [3.05, 3.63) is 64.7 Å². The Morgan fingerprint density at radius 1 is 1.05 bits per heavy atom. The second-order valence-corrected chi connectivity index (χ2v) is 10.3. The van der Waals surface area contributed by atoms with Crippen LogP contribution < -0.4 is 4.65 Å². The fraction of sp³-hybridized carbons (Fsp3) is 0.370. The zero-order valence-corrected chi connectivity index (χ0v) is 21.0. The average molecular weight is 505 g/mol. The lowest BCUT2D eigenvalue weighted by molar-refractivity contribution is -0.127. The van der Waals surface area contributed by atoms with Gasteiger partial charge in [0.2, 0.25) is 0 Å². The number of esters is 1. The first kappa shape index (κ1) is 26.3. The molecule has 2 amide bonds. The molecule has 10 heteroatoms. The topological polar surface area (TPSA) is 127 Å². The van der Waals surface area contributed by atoms with Crippen LogP contribution in [0.25, 0.3) is 0 Å². The summed E-state index contributed by atoms with van der Waals surface area (Å²) in [6, 6.07) is 11.3. The minimum atomic E-state index is -1.38. The number of carbonyl (C=O) groups excluding carboxylic acids is 5. The monoisotopic (exact) mass is 505 g/mol. The van der Waals surface area contributed by atoms with Gasteiger partial charge in [-0.15, -0.1) is 0 Å². The van der Waals surface area contributed by atoms with Crippen LogP contribution in [0.15, 0.2) is 42.5 Å². The molecule has 0 aromatic heterocycles. The van der Waals surface area contributed by atoms with Gasteiger partial charge in [-0.3, -0.25) is 24.1 Å². The molecule has 0 aliphatic carbocycles. The molecule has 0 saturated carbocycles. The van der Waals surface area contributed by atoms with Crippen molar-refractivity contribution in [2.45, 2.75) is 45.9 Å². The highest BCUT2D eigenvalue weighted by Crippen LogP contribution is 2.37. The first-order valence-electron chi connectivity index (χ1n) is 12.1. The average Bonchev–Trinajstić information content (AvgIpc) is 3.08. The molecular formula is C27H28BNO8. The van der Waals surface area contributed by atoms with Gasteiger partial charge in [-0.05, 0) is 30.2 Å². The maximum atomic E-state index is 12.8. The number of Topliss-reactive ketones (excluding diaryl/α,β-unsaturated/α-hetero) is 2. The van der Waals surface area contributed by atoms with Gasteiger partial charge >= 0.3 is 13.1 Å². The van der Waals surface area contributed by atoms with E-state index in [0.29, 0.717) is 5.56 Å². The zero-order chi connectivity index (χ0) is 26.9. The number of fused-ring (bicyclic) bond motifs is 2. The summed E-state index contributed by atoms with van der Waals surface area (Å²) in [5.41, 5.74) is 0.728. The van der Waals surface area contributed by atoms with Gasteiger partial charge in [0.1, 0.15) is 17.1 Å². The number of hydrogen-bond acceptors (Lipinski definition) is 8. The minimum absolute atomic E-state index is 0.0317. The summed E-state index contributed by atoms with van der Waals surface area (Å²) in [5, 5.41) is 10.6. The van der Waals surface area contributed by atoms with Gasteiger partial charge in [0.05, 0.1) is 24.3 Å². The van der Waals surface area contributed by atoms with E-state index in [9.17, 15) is 29.0 Å². The molecule has 0 saturated heterocycles. The van der Waals surface area contributed by atoms with Crippen molar-refractivity contribution in [2.24, 2.45) is 5.41 Å². The molecule has 0 bridgehead atoms. The van der Waals surface area contributed by atoms with E-state index in [4.69, 9.17) is 9.39 Å². The smallest absolute Gasteiger partial charge is 0.526 e. The fourth-order valence-electron chi connectivity index (χ4n) is 4.42. The maximum absolute atomic E-state index is 12.8. The van der Waals surface area contributed by atoms with Crippen molar-refractivity contribution >= 4 is 36.5 Å².